The third kappa shape index (κ3) is 3.55. The van der Waals surface area contributed by atoms with Gasteiger partial charge in [0.2, 0.25) is 11.1 Å². The Kier molecular flexibility index (Phi) is 4.21. The summed E-state index contributed by atoms with van der Waals surface area (Å²) in [4.78, 5) is 33.0. The van der Waals surface area contributed by atoms with E-state index in [1.807, 2.05) is 0 Å². The lowest BCUT2D eigenvalue weighted by molar-refractivity contribution is -0.137. The van der Waals surface area contributed by atoms with Crippen LogP contribution in [-0.4, -0.2) is 31.9 Å². The highest BCUT2D eigenvalue weighted by atomic mass is 32.1. The number of carbonyl (C=O) groups excluding carboxylic acids is 1. The third-order valence-corrected chi connectivity index (χ3v) is 2.04. The zero-order valence-corrected chi connectivity index (χ0v) is 9.77. The summed E-state index contributed by atoms with van der Waals surface area (Å²) < 4.78 is 0.815. The van der Waals surface area contributed by atoms with Gasteiger partial charge in [0.1, 0.15) is 5.69 Å². The van der Waals surface area contributed by atoms with Gasteiger partial charge in [-0.05, 0) is 0 Å². The largest absolute Gasteiger partial charge is 0.481 e. The van der Waals surface area contributed by atoms with Crippen LogP contribution in [0.5, 0.6) is 0 Å². The number of carboxylic acid groups (broad SMARTS) is 1. The Morgan fingerprint density at radius 2 is 2.12 bits per heavy atom. The molecule has 0 fully saturated rings. The van der Waals surface area contributed by atoms with Crippen molar-refractivity contribution < 1.29 is 14.7 Å². The molecule has 1 heterocycles. The van der Waals surface area contributed by atoms with Gasteiger partial charge in [-0.1, -0.05) is 0 Å². The van der Waals surface area contributed by atoms with E-state index < -0.39 is 17.4 Å². The Morgan fingerprint density at radius 1 is 1.47 bits per heavy atom. The molecule has 0 bridgehead atoms. The number of aliphatic carboxylic acids is 1. The molecule has 1 aromatic heterocycles. The molecule has 1 aromatic rings. The molecule has 2 N–H and O–H groups in total. The van der Waals surface area contributed by atoms with E-state index in [0.717, 1.165) is 4.68 Å². The number of aryl methyl sites for hydroxylation is 1. The van der Waals surface area contributed by atoms with Crippen molar-refractivity contribution in [1.82, 2.24) is 14.9 Å². The van der Waals surface area contributed by atoms with Gasteiger partial charge >= 0.3 is 5.97 Å². The van der Waals surface area contributed by atoms with Crippen LogP contribution < -0.4 is 11.0 Å². The number of thiol groups is 1. The summed E-state index contributed by atoms with van der Waals surface area (Å²) in [7, 11) is 0. The fourth-order valence-corrected chi connectivity index (χ4v) is 1.24. The Morgan fingerprint density at radius 3 is 2.65 bits per heavy atom. The van der Waals surface area contributed by atoms with Gasteiger partial charge in [-0.3, -0.25) is 19.8 Å². The number of aromatic nitrogens is 3. The smallest absolute Gasteiger partial charge is 0.303 e. The molecule has 0 aromatic carbocycles. The maximum Gasteiger partial charge on any atom is 0.303 e. The van der Waals surface area contributed by atoms with Crippen molar-refractivity contribution in [3.63, 3.8) is 0 Å². The van der Waals surface area contributed by atoms with Gasteiger partial charge in [-0.15, -0.1) is 22.8 Å². The van der Waals surface area contributed by atoms with Crippen LogP contribution in [0.4, 0.5) is 0 Å². The Bertz CT molecular complexity index is 513. The molecule has 8 nitrogen and oxygen atoms in total. The van der Waals surface area contributed by atoms with Gasteiger partial charge in [0.05, 0.1) is 6.42 Å². The number of carboxylic acids is 1. The van der Waals surface area contributed by atoms with Crippen LogP contribution in [0, 0.1) is 0 Å². The van der Waals surface area contributed by atoms with Crippen molar-refractivity contribution >= 4 is 24.5 Å². The molecule has 1 rings (SSSR count). The number of amides is 1. The summed E-state index contributed by atoms with van der Waals surface area (Å²) in [6, 6.07) is 0. The first-order chi connectivity index (χ1) is 7.91. The number of hydrogen-bond donors (Lipinski definition) is 3. The standard InChI is InChI=1S/C8H10N4O4S/c1-4(13)11-12-7(16)5(2-3-6(14)15)9-10-8(12)17/h2-3H2,1H3,(H,10,17)(H,11,13)(H,14,15). The molecule has 0 aliphatic rings. The van der Waals surface area contributed by atoms with Crippen molar-refractivity contribution in [2.45, 2.75) is 24.9 Å². The molecule has 9 heteroatoms. The van der Waals surface area contributed by atoms with Crippen LogP contribution in [-0.2, 0) is 16.0 Å². The van der Waals surface area contributed by atoms with Crippen LogP contribution in [0.1, 0.15) is 19.0 Å². The summed E-state index contributed by atoms with van der Waals surface area (Å²) in [5, 5.41) is 15.5. The molecule has 0 saturated heterocycles. The van der Waals surface area contributed by atoms with E-state index in [0.29, 0.717) is 0 Å². The maximum absolute atomic E-state index is 11.7. The quantitative estimate of drug-likeness (QED) is 0.599. The second kappa shape index (κ2) is 5.43. The van der Waals surface area contributed by atoms with E-state index >= 15 is 0 Å². The minimum Gasteiger partial charge on any atom is -0.481 e. The Labute approximate surface area is 101 Å². The molecule has 17 heavy (non-hydrogen) atoms. The normalized spacial score (nSPS) is 10.0. The number of hydrogen-bond acceptors (Lipinski definition) is 6. The highest BCUT2D eigenvalue weighted by Crippen LogP contribution is 1.97. The summed E-state index contributed by atoms with van der Waals surface area (Å²) in [5.41, 5.74) is 1.53. The minimum absolute atomic E-state index is 0.0426. The summed E-state index contributed by atoms with van der Waals surface area (Å²) >= 11 is 3.86. The molecule has 0 radical (unpaired) electrons. The summed E-state index contributed by atoms with van der Waals surface area (Å²) in [6.07, 6.45) is -0.301. The second-order valence-electron chi connectivity index (χ2n) is 3.15. The lowest BCUT2D eigenvalue weighted by Gasteiger charge is -2.08. The predicted octanol–water partition coefficient (Wildman–Crippen LogP) is -0.966. The molecule has 0 spiro atoms. The maximum atomic E-state index is 11.7. The lowest BCUT2D eigenvalue weighted by Crippen LogP contribution is -2.36. The lowest BCUT2D eigenvalue weighted by atomic mass is 10.2. The first-order valence-corrected chi connectivity index (χ1v) is 5.03. The van der Waals surface area contributed by atoms with Gasteiger partial charge in [-0.2, -0.15) is 4.68 Å². The van der Waals surface area contributed by atoms with Crippen molar-refractivity contribution in [2.24, 2.45) is 0 Å². The summed E-state index contributed by atoms with van der Waals surface area (Å²) in [6.45, 7) is 1.22. The van der Waals surface area contributed by atoms with E-state index in [4.69, 9.17) is 5.11 Å². The first kappa shape index (κ1) is 13.2. The highest BCUT2D eigenvalue weighted by molar-refractivity contribution is 7.80. The van der Waals surface area contributed by atoms with Crippen LogP contribution in [0.2, 0.25) is 0 Å². The van der Waals surface area contributed by atoms with Gasteiger partial charge in [0, 0.05) is 13.3 Å². The molecule has 0 saturated carbocycles. The Balaban J connectivity index is 3.05. The van der Waals surface area contributed by atoms with Crippen LogP contribution in [0.25, 0.3) is 0 Å². The highest BCUT2D eigenvalue weighted by Gasteiger charge is 2.12. The fourth-order valence-electron chi connectivity index (χ4n) is 1.05. The molecular weight excluding hydrogens is 248 g/mol. The van der Waals surface area contributed by atoms with Crippen LogP contribution in [0.3, 0.4) is 0 Å². The van der Waals surface area contributed by atoms with Gasteiger partial charge < -0.3 is 5.11 Å². The summed E-state index contributed by atoms with van der Waals surface area (Å²) in [5.74, 6) is -1.52. The molecular formula is C8H10N4O4S. The van der Waals surface area contributed by atoms with Crippen molar-refractivity contribution in [3.8, 4) is 0 Å². The van der Waals surface area contributed by atoms with Crippen LogP contribution >= 0.6 is 12.6 Å². The average Bonchev–Trinajstić information content (AvgIpc) is 2.22. The average molecular weight is 258 g/mol. The minimum atomic E-state index is -1.05. The zero-order valence-electron chi connectivity index (χ0n) is 8.88. The van der Waals surface area contributed by atoms with Gasteiger partial charge in [0.15, 0.2) is 0 Å². The molecule has 0 atom stereocenters. The van der Waals surface area contributed by atoms with E-state index in [-0.39, 0.29) is 23.7 Å². The van der Waals surface area contributed by atoms with E-state index in [2.05, 4.69) is 28.3 Å². The topological polar surface area (TPSA) is 114 Å². The monoisotopic (exact) mass is 258 g/mol. The van der Waals surface area contributed by atoms with E-state index in [1.165, 1.54) is 6.92 Å². The molecule has 1 amide bonds. The van der Waals surface area contributed by atoms with Crippen LogP contribution in [0.15, 0.2) is 9.95 Å². The number of rotatable bonds is 4. The Hall–Kier alpha value is -1.90. The van der Waals surface area contributed by atoms with Crippen molar-refractivity contribution in [3.05, 3.63) is 16.0 Å². The number of carbonyl (C=O) groups is 2. The fraction of sp³-hybridized carbons (Fsp3) is 0.375. The molecule has 0 unspecified atom stereocenters. The number of nitrogens with one attached hydrogen (secondary N) is 1. The van der Waals surface area contributed by atoms with E-state index in [9.17, 15) is 14.4 Å². The third-order valence-electron chi connectivity index (χ3n) is 1.76. The van der Waals surface area contributed by atoms with Gasteiger partial charge in [-0.25, -0.2) is 0 Å². The van der Waals surface area contributed by atoms with E-state index in [1.54, 1.807) is 0 Å². The van der Waals surface area contributed by atoms with Crippen molar-refractivity contribution in [2.75, 3.05) is 5.43 Å². The molecule has 0 aliphatic heterocycles. The van der Waals surface area contributed by atoms with Crippen molar-refractivity contribution in [1.29, 1.82) is 0 Å². The molecule has 0 aliphatic carbocycles. The molecule has 92 valence electrons. The second-order valence-corrected chi connectivity index (χ2v) is 3.55. The first-order valence-electron chi connectivity index (χ1n) is 4.58. The zero-order chi connectivity index (χ0) is 13.0. The predicted molar refractivity (Wildman–Crippen MR) is 59.5 cm³/mol. The number of nitrogens with zero attached hydrogens (tertiary/aromatic N) is 3. The SMILES string of the molecule is CC(=O)Nn1c(S)nnc(CCC(=O)O)c1=O. The van der Waals surface area contributed by atoms with Gasteiger partial charge in [0.25, 0.3) is 5.56 Å².